The van der Waals surface area contributed by atoms with Gasteiger partial charge in [-0.2, -0.15) is 0 Å². The number of phenolic OH excluding ortho intramolecular Hbond substituents is 2. The second-order valence-electron chi connectivity index (χ2n) is 12.9. The summed E-state index contributed by atoms with van der Waals surface area (Å²) in [6.45, 7) is -2.12. The van der Waals surface area contributed by atoms with Crippen LogP contribution in [-0.2, 0) is 25.4 Å². The van der Waals surface area contributed by atoms with Gasteiger partial charge in [0.2, 0.25) is 11.5 Å². The van der Waals surface area contributed by atoms with E-state index in [1.807, 2.05) is 0 Å². The van der Waals surface area contributed by atoms with E-state index in [1.165, 1.54) is 28.4 Å². The predicted octanol–water partition coefficient (Wildman–Crippen LogP) is -2.31. The predicted molar refractivity (Wildman–Crippen MR) is 174 cm³/mol. The van der Waals surface area contributed by atoms with Crippen molar-refractivity contribution >= 4 is 0 Å². The largest absolute Gasteiger partial charge is 0.502 e. The fourth-order valence-electron chi connectivity index (χ4n) is 7.31. The number of hydrogen-bond donors (Lipinski definition) is 10. The molecule has 2 heterocycles. The minimum atomic E-state index is -1.86. The Labute approximate surface area is 298 Å². The second kappa shape index (κ2) is 16.8. The maximum Gasteiger partial charge on any atom is 0.201 e. The highest BCUT2D eigenvalue weighted by Crippen LogP contribution is 2.54. The van der Waals surface area contributed by atoms with Crippen LogP contribution in [-0.4, -0.2) is 167 Å². The Hall–Kier alpha value is -3.24. The van der Waals surface area contributed by atoms with E-state index >= 15 is 0 Å². The molecule has 13 unspecified atom stereocenters. The molecule has 0 radical (unpaired) electrons. The molecule has 2 aromatic rings. The van der Waals surface area contributed by atoms with Crippen molar-refractivity contribution < 1.29 is 89.0 Å². The second-order valence-corrected chi connectivity index (χ2v) is 12.9. The molecule has 2 aromatic carbocycles. The number of rotatable bonds is 13. The number of aliphatic hydroxyl groups is 8. The highest BCUT2D eigenvalue weighted by molar-refractivity contribution is 5.64. The van der Waals surface area contributed by atoms with Crippen LogP contribution in [0.25, 0.3) is 0 Å². The molecule has 5 rings (SSSR count). The van der Waals surface area contributed by atoms with Gasteiger partial charge in [0.1, 0.15) is 48.8 Å². The zero-order valence-corrected chi connectivity index (χ0v) is 29.0. The van der Waals surface area contributed by atoms with Gasteiger partial charge in [-0.3, -0.25) is 0 Å². The van der Waals surface area contributed by atoms with Crippen LogP contribution in [0.5, 0.6) is 34.5 Å². The van der Waals surface area contributed by atoms with E-state index in [0.29, 0.717) is 16.7 Å². The lowest BCUT2D eigenvalue weighted by atomic mass is 9.66. The quantitative estimate of drug-likeness (QED) is 0.103. The molecule has 0 saturated carbocycles. The van der Waals surface area contributed by atoms with Crippen LogP contribution in [0.15, 0.2) is 18.2 Å². The van der Waals surface area contributed by atoms with Crippen molar-refractivity contribution in [1.82, 2.24) is 0 Å². The standard InChI is InChI=1S/C34H48O18/c1-45-17-7-14(8-18(46-2)24(17)38)22-16(15(9-35)5-13-6-19(47-3)26(40)31(48-4)23(13)22)12-49-33-30(44)32(27(41)21(11-37)50-33)52-34-29(43)28(42)25(39)20(10-36)51-34/h6-8,15-16,20-22,25,27-30,32-44H,5,9-12H2,1-4H3. The van der Waals surface area contributed by atoms with Gasteiger partial charge in [0.15, 0.2) is 35.6 Å². The molecule has 0 amide bonds. The smallest absolute Gasteiger partial charge is 0.201 e. The van der Waals surface area contributed by atoms with E-state index in [2.05, 4.69) is 0 Å². The first-order valence-corrected chi connectivity index (χ1v) is 16.6. The normalized spacial score (nSPS) is 34.7. The molecule has 52 heavy (non-hydrogen) atoms. The SMILES string of the molecule is COc1cc(C2c3c(cc(OC)c(O)c3OC)CC(CO)C2COC2OC(CO)C(O)C(OC3OC(CO)C(O)C(O)C3O)C2O)cc(OC)c1O. The maximum atomic E-state index is 11.4. The van der Waals surface area contributed by atoms with Crippen molar-refractivity contribution in [3.8, 4) is 34.5 Å². The van der Waals surface area contributed by atoms with Gasteiger partial charge in [-0.15, -0.1) is 0 Å². The molecule has 292 valence electrons. The lowest BCUT2D eigenvalue weighted by Gasteiger charge is -2.46. The molecule has 13 atom stereocenters. The Bertz CT molecular complexity index is 1480. The van der Waals surface area contributed by atoms with Crippen LogP contribution in [0, 0.1) is 11.8 Å². The van der Waals surface area contributed by atoms with Crippen molar-refractivity contribution in [1.29, 1.82) is 0 Å². The number of benzene rings is 2. The summed E-state index contributed by atoms with van der Waals surface area (Å²) in [7, 11) is 5.48. The van der Waals surface area contributed by atoms with Gasteiger partial charge in [-0.25, -0.2) is 0 Å². The summed E-state index contributed by atoms with van der Waals surface area (Å²) < 4.78 is 45.0. The molecule has 0 aromatic heterocycles. The van der Waals surface area contributed by atoms with Crippen molar-refractivity contribution in [3.63, 3.8) is 0 Å². The van der Waals surface area contributed by atoms with Crippen LogP contribution in [0.2, 0.25) is 0 Å². The first kappa shape index (κ1) is 40.0. The first-order valence-electron chi connectivity index (χ1n) is 16.6. The van der Waals surface area contributed by atoms with Crippen molar-refractivity contribution in [3.05, 3.63) is 34.9 Å². The fourth-order valence-corrected chi connectivity index (χ4v) is 7.31. The van der Waals surface area contributed by atoms with Gasteiger partial charge < -0.3 is 89.0 Å². The Morgan fingerprint density at radius 2 is 1.23 bits per heavy atom. The van der Waals surface area contributed by atoms with E-state index < -0.39 is 92.4 Å². The van der Waals surface area contributed by atoms with E-state index in [-0.39, 0.29) is 54.1 Å². The summed E-state index contributed by atoms with van der Waals surface area (Å²) >= 11 is 0. The zero-order chi connectivity index (χ0) is 38.0. The van der Waals surface area contributed by atoms with Crippen molar-refractivity contribution in [2.24, 2.45) is 11.8 Å². The maximum absolute atomic E-state index is 11.4. The number of ether oxygens (including phenoxy) is 8. The molecule has 18 nitrogen and oxygen atoms in total. The number of aliphatic hydroxyl groups excluding tert-OH is 8. The topological polar surface area (TPSA) is 276 Å². The third-order valence-electron chi connectivity index (χ3n) is 10.1. The fraction of sp³-hybridized carbons (Fsp3) is 0.647. The zero-order valence-electron chi connectivity index (χ0n) is 29.0. The molecule has 18 heteroatoms. The van der Waals surface area contributed by atoms with E-state index in [4.69, 9.17) is 37.9 Å². The van der Waals surface area contributed by atoms with Crippen molar-refractivity contribution in [2.75, 3.05) is 54.9 Å². The third kappa shape index (κ3) is 7.31. The molecule has 10 N–H and O–H groups in total. The van der Waals surface area contributed by atoms with Gasteiger partial charge in [0.25, 0.3) is 0 Å². The van der Waals surface area contributed by atoms with Crippen LogP contribution < -0.4 is 18.9 Å². The van der Waals surface area contributed by atoms with Crippen LogP contribution >= 0.6 is 0 Å². The van der Waals surface area contributed by atoms with Crippen LogP contribution in [0.1, 0.15) is 22.6 Å². The Morgan fingerprint density at radius 1 is 0.654 bits per heavy atom. The summed E-state index contributed by atoms with van der Waals surface area (Å²) in [5.74, 6) is -2.18. The summed E-state index contributed by atoms with van der Waals surface area (Å²) in [5, 5.41) is 106. The number of methoxy groups -OCH3 is 4. The number of fused-ring (bicyclic) bond motifs is 1. The number of hydrogen-bond acceptors (Lipinski definition) is 18. The molecular weight excluding hydrogens is 696 g/mol. The van der Waals surface area contributed by atoms with Crippen molar-refractivity contribution in [2.45, 2.75) is 73.8 Å². The lowest BCUT2D eigenvalue weighted by Crippen LogP contribution is -2.65. The lowest BCUT2D eigenvalue weighted by molar-refractivity contribution is -0.361. The van der Waals surface area contributed by atoms with Gasteiger partial charge in [-0.05, 0) is 47.6 Å². The molecule has 2 saturated heterocycles. The Kier molecular flexibility index (Phi) is 12.9. The molecular formula is C34H48O18. The summed E-state index contributed by atoms with van der Waals surface area (Å²) in [4.78, 5) is 0. The van der Waals surface area contributed by atoms with Crippen LogP contribution in [0.3, 0.4) is 0 Å². The minimum absolute atomic E-state index is 0.0670. The highest BCUT2D eigenvalue weighted by atomic mass is 16.7. The number of phenols is 2. The number of aromatic hydroxyl groups is 2. The monoisotopic (exact) mass is 744 g/mol. The first-order chi connectivity index (χ1) is 24.9. The molecule has 3 aliphatic rings. The van der Waals surface area contributed by atoms with Gasteiger partial charge in [0.05, 0.1) is 48.3 Å². The molecule has 1 aliphatic carbocycles. The van der Waals surface area contributed by atoms with E-state index in [0.717, 1.165) is 0 Å². The van der Waals surface area contributed by atoms with Gasteiger partial charge >= 0.3 is 0 Å². The molecule has 0 spiro atoms. The third-order valence-corrected chi connectivity index (χ3v) is 10.1. The molecule has 2 aliphatic heterocycles. The Morgan fingerprint density at radius 3 is 1.79 bits per heavy atom. The highest BCUT2D eigenvalue weighted by Gasteiger charge is 2.51. The molecule has 0 bridgehead atoms. The van der Waals surface area contributed by atoms with Crippen LogP contribution in [0.4, 0.5) is 0 Å². The van der Waals surface area contributed by atoms with E-state index in [1.54, 1.807) is 18.2 Å². The average Bonchev–Trinajstić information content (AvgIpc) is 3.15. The Balaban J connectivity index is 1.52. The summed E-state index contributed by atoms with van der Waals surface area (Å²) in [6.07, 6.45) is -16.3. The molecule has 2 fully saturated rings. The van der Waals surface area contributed by atoms with Gasteiger partial charge in [0, 0.05) is 18.1 Å². The van der Waals surface area contributed by atoms with Gasteiger partial charge in [-0.1, -0.05) is 0 Å². The minimum Gasteiger partial charge on any atom is -0.502 e. The summed E-state index contributed by atoms with van der Waals surface area (Å²) in [6, 6.07) is 4.76. The average molecular weight is 745 g/mol. The summed E-state index contributed by atoms with van der Waals surface area (Å²) in [5.41, 5.74) is 1.68. The van der Waals surface area contributed by atoms with E-state index in [9.17, 15) is 51.1 Å².